The summed E-state index contributed by atoms with van der Waals surface area (Å²) in [7, 11) is 2.06. The molecule has 148 valence electrons. The van der Waals surface area contributed by atoms with Crippen molar-refractivity contribution in [1.82, 2.24) is 10.2 Å². The number of nitrogens with one attached hydrogen (secondary N) is 1. The molecule has 1 N–H and O–H groups in total. The number of piperazine rings is 1. The quantitative estimate of drug-likeness (QED) is 0.852. The normalized spacial score (nSPS) is 19.7. The Bertz CT molecular complexity index is 884. The maximum absolute atomic E-state index is 14.7. The summed E-state index contributed by atoms with van der Waals surface area (Å²) in [5, 5.41) is 3.51. The zero-order valence-corrected chi connectivity index (χ0v) is 16.5. The van der Waals surface area contributed by atoms with Crippen LogP contribution in [0.4, 0.5) is 10.1 Å². The van der Waals surface area contributed by atoms with Gasteiger partial charge >= 0.3 is 0 Å². The van der Waals surface area contributed by atoms with Gasteiger partial charge in [-0.2, -0.15) is 0 Å². The Labute approximate surface area is 169 Å². The smallest absolute Gasteiger partial charge is 0.251 e. The molecule has 1 atom stereocenters. The van der Waals surface area contributed by atoms with Crippen LogP contribution >= 0.6 is 11.6 Å². The van der Waals surface area contributed by atoms with Crippen LogP contribution in [0.25, 0.3) is 0 Å². The molecule has 0 saturated carbocycles. The predicted octanol–water partition coefficient (Wildman–Crippen LogP) is 3.48. The fourth-order valence-electron chi connectivity index (χ4n) is 3.73. The second kappa shape index (κ2) is 7.97. The van der Waals surface area contributed by atoms with E-state index in [1.807, 2.05) is 17.0 Å². The number of carbonyl (C=O) groups is 1. The minimum atomic E-state index is -0.368. The Kier molecular flexibility index (Phi) is 5.42. The molecule has 0 aliphatic carbocycles. The molecule has 0 radical (unpaired) electrons. The van der Waals surface area contributed by atoms with Gasteiger partial charge in [0.2, 0.25) is 0 Å². The SMILES string of the molecule is CN1CCN(c2ccc(C(=O)N[C@@H]3CCOc4c(Cl)cccc43)cc2F)CC1. The third-order valence-corrected chi connectivity index (χ3v) is 5.68. The molecule has 0 aromatic heterocycles. The van der Waals surface area contributed by atoms with Crippen LogP contribution in [0, 0.1) is 5.82 Å². The molecule has 28 heavy (non-hydrogen) atoms. The average molecular weight is 404 g/mol. The second-order valence-corrected chi connectivity index (χ2v) is 7.69. The number of hydrogen-bond acceptors (Lipinski definition) is 4. The van der Waals surface area contributed by atoms with Crippen molar-refractivity contribution in [3.05, 3.63) is 58.4 Å². The lowest BCUT2D eigenvalue weighted by Gasteiger charge is -2.34. The van der Waals surface area contributed by atoms with Gasteiger partial charge in [0, 0.05) is 43.7 Å². The molecule has 1 saturated heterocycles. The Morgan fingerprint density at radius 1 is 1.21 bits per heavy atom. The van der Waals surface area contributed by atoms with E-state index in [0.29, 0.717) is 35.1 Å². The van der Waals surface area contributed by atoms with E-state index >= 15 is 0 Å². The standard InChI is InChI=1S/C21H23ClFN3O2/c1-25-8-10-26(11-9-25)19-6-5-14(13-17(19)23)21(27)24-18-7-12-28-20-15(18)3-2-4-16(20)22/h2-6,13,18H,7-12H2,1H3,(H,24,27)/t18-/m1/s1. The first kappa shape index (κ1) is 19.0. The maximum Gasteiger partial charge on any atom is 0.251 e. The number of hydrogen-bond donors (Lipinski definition) is 1. The van der Waals surface area contributed by atoms with Crippen molar-refractivity contribution in [2.24, 2.45) is 0 Å². The Hall–Kier alpha value is -2.31. The fourth-order valence-corrected chi connectivity index (χ4v) is 3.97. The molecular weight excluding hydrogens is 381 g/mol. The number of anilines is 1. The van der Waals surface area contributed by atoms with E-state index in [1.165, 1.54) is 6.07 Å². The lowest BCUT2D eigenvalue weighted by atomic mass is 10.00. The van der Waals surface area contributed by atoms with Crippen LogP contribution in [0.5, 0.6) is 5.75 Å². The van der Waals surface area contributed by atoms with Crippen LogP contribution in [0.3, 0.4) is 0 Å². The molecule has 2 aliphatic rings. The zero-order valence-electron chi connectivity index (χ0n) is 15.8. The number of benzene rings is 2. The van der Waals surface area contributed by atoms with Crippen LogP contribution in [-0.4, -0.2) is 50.6 Å². The molecule has 0 spiro atoms. The summed E-state index contributed by atoms with van der Waals surface area (Å²) in [5.74, 6) is -0.0633. The van der Waals surface area contributed by atoms with Crippen LogP contribution < -0.4 is 15.0 Å². The maximum atomic E-state index is 14.7. The van der Waals surface area contributed by atoms with E-state index in [0.717, 1.165) is 31.7 Å². The summed E-state index contributed by atoms with van der Waals surface area (Å²) < 4.78 is 20.3. The van der Waals surface area contributed by atoms with Crippen LogP contribution in [0.15, 0.2) is 36.4 Å². The highest BCUT2D eigenvalue weighted by molar-refractivity contribution is 6.32. The molecule has 2 aromatic rings. The minimum Gasteiger partial charge on any atom is -0.492 e. The van der Waals surface area contributed by atoms with E-state index in [2.05, 4.69) is 17.3 Å². The number of rotatable bonds is 3. The van der Waals surface area contributed by atoms with Gasteiger partial charge in [-0.05, 0) is 31.3 Å². The molecule has 0 bridgehead atoms. The average Bonchev–Trinajstić information content (AvgIpc) is 2.69. The van der Waals surface area contributed by atoms with E-state index < -0.39 is 0 Å². The highest BCUT2D eigenvalue weighted by Gasteiger charge is 2.25. The monoisotopic (exact) mass is 403 g/mol. The Morgan fingerprint density at radius 2 is 2.00 bits per heavy atom. The molecule has 0 unspecified atom stereocenters. The summed E-state index contributed by atoms with van der Waals surface area (Å²) >= 11 is 6.19. The molecule has 4 rings (SSSR count). The Morgan fingerprint density at radius 3 is 2.75 bits per heavy atom. The third kappa shape index (κ3) is 3.80. The fraction of sp³-hybridized carbons (Fsp3) is 0.381. The lowest BCUT2D eigenvalue weighted by molar-refractivity contribution is 0.0924. The largest absolute Gasteiger partial charge is 0.492 e. The molecule has 2 heterocycles. The van der Waals surface area contributed by atoms with Crippen molar-refractivity contribution in [3.8, 4) is 5.75 Å². The number of halogens is 2. The highest BCUT2D eigenvalue weighted by Crippen LogP contribution is 2.37. The highest BCUT2D eigenvalue weighted by atomic mass is 35.5. The van der Waals surface area contributed by atoms with Crippen molar-refractivity contribution in [1.29, 1.82) is 0 Å². The predicted molar refractivity (Wildman–Crippen MR) is 108 cm³/mol. The number of fused-ring (bicyclic) bond motifs is 1. The van der Waals surface area contributed by atoms with E-state index in [-0.39, 0.29) is 17.8 Å². The molecule has 5 nitrogen and oxygen atoms in total. The third-order valence-electron chi connectivity index (χ3n) is 5.38. The topological polar surface area (TPSA) is 44.8 Å². The van der Waals surface area contributed by atoms with Gasteiger partial charge in [0.25, 0.3) is 5.91 Å². The number of nitrogens with zero attached hydrogens (tertiary/aromatic N) is 2. The summed E-state index contributed by atoms with van der Waals surface area (Å²) in [6, 6.07) is 9.98. The van der Waals surface area contributed by atoms with Crippen LogP contribution in [0.2, 0.25) is 5.02 Å². The lowest BCUT2D eigenvalue weighted by Crippen LogP contribution is -2.44. The molecule has 1 amide bonds. The van der Waals surface area contributed by atoms with Crippen LogP contribution in [0.1, 0.15) is 28.4 Å². The first-order valence-electron chi connectivity index (χ1n) is 9.48. The van der Waals surface area contributed by atoms with Gasteiger partial charge in [0.1, 0.15) is 11.6 Å². The van der Waals surface area contributed by atoms with Gasteiger partial charge in [0.15, 0.2) is 0 Å². The van der Waals surface area contributed by atoms with E-state index in [1.54, 1.807) is 18.2 Å². The molecule has 2 aliphatic heterocycles. The van der Waals surface area contributed by atoms with Crippen LogP contribution in [-0.2, 0) is 0 Å². The van der Waals surface area contributed by atoms with Crippen molar-refractivity contribution < 1.29 is 13.9 Å². The minimum absolute atomic E-state index is 0.213. The van der Waals surface area contributed by atoms with E-state index in [4.69, 9.17) is 16.3 Å². The van der Waals surface area contributed by atoms with Crippen molar-refractivity contribution >= 4 is 23.2 Å². The van der Waals surface area contributed by atoms with Crippen molar-refractivity contribution in [2.45, 2.75) is 12.5 Å². The number of carbonyl (C=O) groups excluding carboxylic acids is 1. The number of likely N-dealkylation sites (N-methyl/N-ethyl adjacent to an activating group) is 1. The van der Waals surface area contributed by atoms with Gasteiger partial charge in [-0.1, -0.05) is 23.7 Å². The number of ether oxygens (including phenoxy) is 1. The first-order chi connectivity index (χ1) is 13.5. The molecular formula is C21H23ClFN3O2. The molecule has 1 fully saturated rings. The van der Waals surface area contributed by atoms with Crippen molar-refractivity contribution in [3.63, 3.8) is 0 Å². The van der Waals surface area contributed by atoms with Gasteiger partial charge in [0.05, 0.1) is 23.4 Å². The Balaban J connectivity index is 1.49. The van der Waals surface area contributed by atoms with Gasteiger partial charge in [-0.25, -0.2) is 4.39 Å². The van der Waals surface area contributed by atoms with Gasteiger partial charge in [-0.3, -0.25) is 4.79 Å². The summed E-state index contributed by atoms with van der Waals surface area (Å²) in [4.78, 5) is 17.0. The summed E-state index contributed by atoms with van der Waals surface area (Å²) in [6.07, 6.45) is 0.640. The van der Waals surface area contributed by atoms with Crippen molar-refractivity contribution in [2.75, 3.05) is 44.7 Å². The summed E-state index contributed by atoms with van der Waals surface area (Å²) in [6.45, 7) is 3.82. The van der Waals surface area contributed by atoms with Gasteiger partial charge < -0.3 is 19.9 Å². The zero-order chi connectivity index (χ0) is 19.7. The molecule has 2 aromatic carbocycles. The van der Waals surface area contributed by atoms with Gasteiger partial charge in [-0.15, -0.1) is 0 Å². The first-order valence-corrected chi connectivity index (χ1v) is 9.86. The van der Waals surface area contributed by atoms with E-state index in [9.17, 15) is 9.18 Å². The number of para-hydroxylation sites is 1. The summed E-state index contributed by atoms with van der Waals surface area (Å²) in [5.41, 5.74) is 1.71. The molecule has 7 heteroatoms. The number of amides is 1. The second-order valence-electron chi connectivity index (χ2n) is 7.28.